The lowest BCUT2D eigenvalue weighted by molar-refractivity contribution is 0.0245. The molecule has 2 bridgehead atoms. The molecule has 0 aliphatic carbocycles. The van der Waals surface area contributed by atoms with Crippen molar-refractivity contribution in [3.8, 4) is 0 Å². The summed E-state index contributed by atoms with van der Waals surface area (Å²) in [7, 11) is 0. The Hall–Kier alpha value is -1.42. The lowest BCUT2D eigenvalue weighted by Crippen LogP contribution is -2.57. The summed E-state index contributed by atoms with van der Waals surface area (Å²) in [5.74, 6) is 0.0458. The summed E-state index contributed by atoms with van der Waals surface area (Å²) in [6.07, 6.45) is 10.7. The van der Waals surface area contributed by atoms with Gasteiger partial charge in [-0.25, -0.2) is 0 Å². The van der Waals surface area contributed by atoms with Crippen LogP contribution in [0.3, 0.4) is 0 Å². The predicted octanol–water partition coefficient (Wildman–Crippen LogP) is 2.61. The van der Waals surface area contributed by atoms with Gasteiger partial charge in [0, 0.05) is 36.1 Å². The average molecular weight is 287 g/mol. The van der Waals surface area contributed by atoms with E-state index >= 15 is 0 Å². The van der Waals surface area contributed by atoms with E-state index < -0.39 is 0 Å². The molecular weight excluding hydrogens is 262 g/mol. The van der Waals surface area contributed by atoms with Gasteiger partial charge in [0.1, 0.15) is 0 Å². The van der Waals surface area contributed by atoms with E-state index in [0.717, 1.165) is 12.8 Å². The average Bonchev–Trinajstić information content (AvgIpc) is 2.49. The molecule has 3 rings (SSSR count). The second kappa shape index (κ2) is 6.56. The number of pyridine rings is 1. The molecule has 2 saturated heterocycles. The maximum absolute atomic E-state index is 12.3. The fourth-order valence-corrected chi connectivity index (χ4v) is 3.99. The summed E-state index contributed by atoms with van der Waals surface area (Å²) in [6, 6.07) is 5.22. The van der Waals surface area contributed by atoms with Crippen LogP contribution in [0.25, 0.3) is 0 Å². The fraction of sp³-hybridized carbons (Fsp3) is 0.647. The molecule has 3 heterocycles. The van der Waals surface area contributed by atoms with E-state index in [0.29, 0.717) is 23.7 Å². The Morgan fingerprint density at radius 2 is 1.95 bits per heavy atom. The highest BCUT2D eigenvalue weighted by Gasteiger charge is 2.38. The standard InChI is InChI=1S/C17H25N3O/c1-2-10-20-15-4-3-5-16(20)12-14(11-15)19-17(21)13-6-8-18-9-7-13/h6-9,14-16H,2-5,10-12H2,1H3,(H,19,21). The third-order valence-electron chi connectivity index (χ3n) is 4.89. The van der Waals surface area contributed by atoms with Crippen LogP contribution in [0.4, 0.5) is 0 Å². The molecule has 21 heavy (non-hydrogen) atoms. The van der Waals surface area contributed by atoms with Crippen molar-refractivity contribution in [3.63, 3.8) is 0 Å². The number of hydrogen-bond acceptors (Lipinski definition) is 3. The van der Waals surface area contributed by atoms with Crippen LogP contribution in [0.1, 0.15) is 55.8 Å². The monoisotopic (exact) mass is 287 g/mol. The molecule has 1 N–H and O–H groups in total. The molecule has 2 fully saturated rings. The first-order valence-corrected chi connectivity index (χ1v) is 8.24. The first-order valence-electron chi connectivity index (χ1n) is 8.24. The largest absolute Gasteiger partial charge is 0.349 e. The van der Waals surface area contributed by atoms with Crippen molar-refractivity contribution in [2.75, 3.05) is 6.54 Å². The second-order valence-corrected chi connectivity index (χ2v) is 6.35. The number of aromatic nitrogens is 1. The normalized spacial score (nSPS) is 29.1. The number of fused-ring (bicyclic) bond motifs is 2. The van der Waals surface area contributed by atoms with Crippen molar-refractivity contribution >= 4 is 5.91 Å². The van der Waals surface area contributed by atoms with Gasteiger partial charge in [0.25, 0.3) is 5.91 Å². The minimum absolute atomic E-state index is 0.0458. The molecular formula is C17H25N3O. The van der Waals surface area contributed by atoms with Crippen molar-refractivity contribution in [2.45, 2.75) is 63.6 Å². The zero-order valence-electron chi connectivity index (χ0n) is 12.8. The summed E-state index contributed by atoms with van der Waals surface area (Å²) < 4.78 is 0. The molecule has 1 aromatic heterocycles. The van der Waals surface area contributed by atoms with Crippen LogP contribution >= 0.6 is 0 Å². The number of nitrogens with one attached hydrogen (secondary N) is 1. The van der Waals surface area contributed by atoms with Crippen LogP contribution in [-0.2, 0) is 0 Å². The van der Waals surface area contributed by atoms with Crippen LogP contribution in [0.5, 0.6) is 0 Å². The van der Waals surface area contributed by atoms with Gasteiger partial charge in [0.2, 0.25) is 0 Å². The van der Waals surface area contributed by atoms with Crippen molar-refractivity contribution in [1.29, 1.82) is 0 Å². The lowest BCUT2D eigenvalue weighted by Gasteiger charge is -2.49. The highest BCUT2D eigenvalue weighted by molar-refractivity contribution is 5.94. The van der Waals surface area contributed by atoms with E-state index in [2.05, 4.69) is 22.1 Å². The number of piperidine rings is 2. The van der Waals surface area contributed by atoms with Crippen molar-refractivity contribution in [3.05, 3.63) is 30.1 Å². The van der Waals surface area contributed by atoms with Gasteiger partial charge in [-0.2, -0.15) is 0 Å². The first-order chi connectivity index (χ1) is 10.3. The third-order valence-corrected chi connectivity index (χ3v) is 4.89. The number of rotatable bonds is 4. The van der Waals surface area contributed by atoms with E-state index in [-0.39, 0.29) is 5.91 Å². The molecule has 1 amide bonds. The number of hydrogen-bond donors (Lipinski definition) is 1. The summed E-state index contributed by atoms with van der Waals surface area (Å²) in [4.78, 5) is 18.9. The topological polar surface area (TPSA) is 45.2 Å². The second-order valence-electron chi connectivity index (χ2n) is 6.35. The van der Waals surface area contributed by atoms with Crippen LogP contribution in [-0.4, -0.2) is 40.5 Å². The van der Waals surface area contributed by atoms with Crippen LogP contribution < -0.4 is 5.32 Å². The summed E-state index contributed by atoms with van der Waals surface area (Å²) in [5.41, 5.74) is 0.714. The first kappa shape index (κ1) is 14.5. The summed E-state index contributed by atoms with van der Waals surface area (Å²) in [5, 5.41) is 3.23. The molecule has 1 aromatic rings. The molecule has 0 saturated carbocycles. The Kier molecular flexibility index (Phi) is 4.54. The Labute approximate surface area is 126 Å². The molecule has 0 spiro atoms. The van der Waals surface area contributed by atoms with Gasteiger partial charge in [0.05, 0.1) is 0 Å². The van der Waals surface area contributed by atoms with E-state index in [1.54, 1.807) is 24.5 Å². The quantitative estimate of drug-likeness (QED) is 0.926. The van der Waals surface area contributed by atoms with Gasteiger partial charge < -0.3 is 5.32 Å². The minimum atomic E-state index is 0.0458. The smallest absolute Gasteiger partial charge is 0.251 e. The maximum atomic E-state index is 12.3. The Bertz CT molecular complexity index is 462. The lowest BCUT2D eigenvalue weighted by atomic mass is 9.81. The molecule has 4 nitrogen and oxygen atoms in total. The SMILES string of the molecule is CCCN1C2CCCC1CC(NC(=O)c1ccncc1)C2. The van der Waals surface area contributed by atoms with Gasteiger partial charge in [0.15, 0.2) is 0 Å². The van der Waals surface area contributed by atoms with Crippen LogP contribution in [0.15, 0.2) is 24.5 Å². The van der Waals surface area contributed by atoms with Gasteiger partial charge in [-0.15, -0.1) is 0 Å². The summed E-state index contributed by atoms with van der Waals surface area (Å²) in [6.45, 7) is 3.47. The zero-order valence-corrected chi connectivity index (χ0v) is 12.8. The maximum Gasteiger partial charge on any atom is 0.251 e. The molecule has 2 unspecified atom stereocenters. The third kappa shape index (κ3) is 3.26. The van der Waals surface area contributed by atoms with Gasteiger partial charge in [-0.05, 0) is 50.8 Å². The number of nitrogens with zero attached hydrogens (tertiary/aromatic N) is 2. The van der Waals surface area contributed by atoms with Crippen LogP contribution in [0.2, 0.25) is 0 Å². The minimum Gasteiger partial charge on any atom is -0.349 e. The molecule has 2 aliphatic heterocycles. The molecule has 2 aliphatic rings. The predicted molar refractivity (Wildman–Crippen MR) is 83.1 cm³/mol. The zero-order chi connectivity index (χ0) is 14.7. The number of carbonyl (C=O) groups excluding carboxylic acids is 1. The highest BCUT2D eigenvalue weighted by atomic mass is 16.1. The number of carbonyl (C=O) groups is 1. The van der Waals surface area contributed by atoms with E-state index in [1.807, 2.05) is 0 Å². The molecule has 0 aromatic carbocycles. The highest BCUT2D eigenvalue weighted by Crippen LogP contribution is 2.34. The van der Waals surface area contributed by atoms with E-state index in [4.69, 9.17) is 0 Å². The molecule has 114 valence electrons. The van der Waals surface area contributed by atoms with Gasteiger partial charge in [-0.1, -0.05) is 13.3 Å². The van der Waals surface area contributed by atoms with E-state index in [9.17, 15) is 4.79 Å². The van der Waals surface area contributed by atoms with Gasteiger partial charge >= 0.3 is 0 Å². The number of amides is 1. The van der Waals surface area contributed by atoms with Crippen molar-refractivity contribution < 1.29 is 4.79 Å². The van der Waals surface area contributed by atoms with Crippen molar-refractivity contribution in [2.24, 2.45) is 0 Å². The molecule has 0 radical (unpaired) electrons. The fourth-order valence-electron chi connectivity index (χ4n) is 3.99. The summed E-state index contributed by atoms with van der Waals surface area (Å²) >= 11 is 0. The Morgan fingerprint density at radius 3 is 2.57 bits per heavy atom. The van der Waals surface area contributed by atoms with E-state index in [1.165, 1.54) is 32.2 Å². The van der Waals surface area contributed by atoms with Crippen molar-refractivity contribution in [1.82, 2.24) is 15.2 Å². The molecule has 2 atom stereocenters. The Balaban J connectivity index is 1.62. The molecule has 4 heteroatoms. The van der Waals surface area contributed by atoms with Crippen LogP contribution in [0, 0.1) is 0 Å². The Morgan fingerprint density at radius 1 is 1.29 bits per heavy atom. The van der Waals surface area contributed by atoms with Gasteiger partial charge in [-0.3, -0.25) is 14.7 Å².